The third kappa shape index (κ3) is 3.64. The van der Waals surface area contributed by atoms with Crippen LogP contribution < -0.4 is 25.7 Å². The quantitative estimate of drug-likeness (QED) is 0.266. The number of nitrogen functional groups attached to an aromatic ring is 1. The van der Waals surface area contributed by atoms with Crippen molar-refractivity contribution in [2.24, 2.45) is 10.9 Å². The first-order valence-corrected chi connectivity index (χ1v) is 7.63. The van der Waals surface area contributed by atoms with E-state index in [2.05, 4.69) is 5.16 Å². The Bertz CT molecular complexity index is 849. The van der Waals surface area contributed by atoms with Gasteiger partial charge in [-0.3, -0.25) is 0 Å². The molecule has 2 aromatic carbocycles. The number of nitrogens with zero attached hydrogens (tertiary/aromatic N) is 1. The Morgan fingerprint density at radius 3 is 2.27 bits per heavy atom. The molecule has 0 aliphatic rings. The first-order chi connectivity index (χ1) is 12.4. The summed E-state index contributed by atoms with van der Waals surface area (Å²) in [4.78, 5) is 17.4. The van der Waals surface area contributed by atoms with E-state index < -0.39 is 5.97 Å². The lowest BCUT2D eigenvalue weighted by Gasteiger charge is -2.14. The highest BCUT2D eigenvalue weighted by Crippen LogP contribution is 2.39. The van der Waals surface area contributed by atoms with Crippen molar-refractivity contribution in [3.05, 3.63) is 47.0 Å². The molecule has 0 atom stereocenters. The molecular weight excluding hydrogens is 338 g/mol. The van der Waals surface area contributed by atoms with Gasteiger partial charge in [0.2, 0.25) is 5.75 Å². The zero-order chi connectivity index (χ0) is 19.3. The summed E-state index contributed by atoms with van der Waals surface area (Å²) >= 11 is 0. The number of ether oxygens (including phenoxy) is 3. The number of rotatable bonds is 6. The number of carbonyl (C=O) groups is 1. The number of carbonyl (C=O) groups excluding carboxylic acids is 1. The van der Waals surface area contributed by atoms with Crippen LogP contribution in [0.25, 0.3) is 0 Å². The van der Waals surface area contributed by atoms with Crippen LogP contribution >= 0.6 is 0 Å². The summed E-state index contributed by atoms with van der Waals surface area (Å²) in [5.74, 6) is 0.132. The van der Waals surface area contributed by atoms with E-state index in [0.717, 1.165) is 5.56 Å². The summed E-state index contributed by atoms with van der Waals surface area (Å²) in [5, 5.41) is 3.71. The Labute approximate surface area is 151 Å². The topological polar surface area (TPSA) is 118 Å². The van der Waals surface area contributed by atoms with Crippen molar-refractivity contribution in [3.63, 3.8) is 0 Å². The summed E-state index contributed by atoms with van der Waals surface area (Å²) in [7, 11) is 4.32. The fraction of sp³-hybridized carbons (Fsp3) is 0.222. The fourth-order valence-electron chi connectivity index (χ4n) is 2.38. The molecule has 0 heterocycles. The molecule has 2 rings (SSSR count). The number of hydrogen-bond acceptors (Lipinski definition) is 7. The van der Waals surface area contributed by atoms with Crippen molar-refractivity contribution >= 4 is 17.5 Å². The molecule has 0 saturated heterocycles. The Balaban J connectivity index is 2.31. The minimum Gasteiger partial charge on any atom is -0.493 e. The third-order valence-electron chi connectivity index (χ3n) is 3.80. The van der Waals surface area contributed by atoms with Gasteiger partial charge in [0.25, 0.3) is 0 Å². The summed E-state index contributed by atoms with van der Waals surface area (Å²) in [5.41, 5.74) is 13.8. The molecule has 2 aromatic rings. The van der Waals surface area contributed by atoms with Crippen LogP contribution in [-0.4, -0.2) is 33.1 Å². The number of oxime groups is 1. The average Bonchev–Trinajstić information content (AvgIpc) is 2.66. The van der Waals surface area contributed by atoms with E-state index in [0.29, 0.717) is 17.0 Å². The predicted octanol–water partition coefficient (Wildman–Crippen LogP) is 2.08. The molecule has 0 fully saturated rings. The van der Waals surface area contributed by atoms with E-state index in [1.54, 1.807) is 31.2 Å². The fourth-order valence-corrected chi connectivity index (χ4v) is 2.38. The first kappa shape index (κ1) is 18.9. The Morgan fingerprint density at radius 2 is 1.65 bits per heavy atom. The van der Waals surface area contributed by atoms with Gasteiger partial charge < -0.3 is 30.5 Å². The van der Waals surface area contributed by atoms with Gasteiger partial charge >= 0.3 is 5.97 Å². The summed E-state index contributed by atoms with van der Waals surface area (Å²) in [6.07, 6.45) is 0. The van der Waals surface area contributed by atoms with Gasteiger partial charge in [-0.05, 0) is 30.7 Å². The zero-order valence-corrected chi connectivity index (χ0v) is 15.0. The first-order valence-electron chi connectivity index (χ1n) is 7.63. The molecule has 138 valence electrons. The Morgan fingerprint density at radius 1 is 0.962 bits per heavy atom. The Hall–Kier alpha value is -3.42. The average molecular weight is 359 g/mol. The lowest BCUT2D eigenvalue weighted by molar-refractivity contribution is 0.0511. The summed E-state index contributed by atoms with van der Waals surface area (Å²) in [6, 6.07) is 8.26. The van der Waals surface area contributed by atoms with E-state index >= 15 is 0 Å². The molecule has 0 aliphatic carbocycles. The number of amidine groups is 1. The van der Waals surface area contributed by atoms with Crippen LogP contribution in [0.2, 0.25) is 0 Å². The molecule has 0 amide bonds. The van der Waals surface area contributed by atoms with Crippen molar-refractivity contribution in [1.29, 1.82) is 0 Å². The van der Waals surface area contributed by atoms with Gasteiger partial charge in [0.15, 0.2) is 17.3 Å². The van der Waals surface area contributed by atoms with Gasteiger partial charge in [-0.25, -0.2) is 4.79 Å². The van der Waals surface area contributed by atoms with Gasteiger partial charge in [0.05, 0.1) is 21.3 Å². The number of benzene rings is 2. The van der Waals surface area contributed by atoms with Gasteiger partial charge in [-0.2, -0.15) is 0 Å². The standard InChI is InChI=1S/C18H21N3O5/c1-10-11(6-5-7-13(10)19)17(20)21-26-18(22)12-8-9-14(23-2)16(25-4)15(12)24-3/h5-9H,19H2,1-4H3,(H2,20,21). The van der Waals surface area contributed by atoms with E-state index in [1.165, 1.54) is 27.4 Å². The number of methoxy groups -OCH3 is 3. The maximum Gasteiger partial charge on any atom is 0.369 e. The SMILES string of the molecule is COc1ccc(C(=O)O/N=C(\N)c2cccc(N)c2C)c(OC)c1OC. The molecule has 0 unspecified atom stereocenters. The maximum absolute atomic E-state index is 12.4. The second-order valence-electron chi connectivity index (χ2n) is 5.26. The molecule has 0 spiro atoms. The van der Waals surface area contributed by atoms with Crippen molar-refractivity contribution < 1.29 is 23.8 Å². The van der Waals surface area contributed by atoms with Crippen LogP contribution in [0.1, 0.15) is 21.5 Å². The maximum atomic E-state index is 12.4. The normalized spacial score (nSPS) is 11.0. The zero-order valence-electron chi connectivity index (χ0n) is 15.0. The van der Waals surface area contributed by atoms with Crippen LogP contribution in [-0.2, 0) is 4.84 Å². The third-order valence-corrected chi connectivity index (χ3v) is 3.80. The predicted molar refractivity (Wildman–Crippen MR) is 97.8 cm³/mol. The van der Waals surface area contributed by atoms with E-state index in [4.69, 9.17) is 30.5 Å². The molecule has 0 aliphatic heterocycles. The molecular formula is C18H21N3O5. The van der Waals surface area contributed by atoms with Crippen molar-refractivity contribution in [3.8, 4) is 17.2 Å². The smallest absolute Gasteiger partial charge is 0.369 e. The minimum absolute atomic E-state index is 0.0302. The number of anilines is 1. The van der Waals surface area contributed by atoms with Crippen LogP contribution in [0.4, 0.5) is 5.69 Å². The molecule has 0 saturated carbocycles. The highest BCUT2D eigenvalue weighted by atomic mass is 16.7. The minimum atomic E-state index is -0.757. The van der Waals surface area contributed by atoms with Gasteiger partial charge in [0, 0.05) is 11.3 Å². The highest BCUT2D eigenvalue weighted by molar-refractivity contribution is 6.00. The largest absolute Gasteiger partial charge is 0.493 e. The van der Waals surface area contributed by atoms with Crippen LogP contribution in [0.3, 0.4) is 0 Å². The second kappa shape index (κ2) is 8.11. The molecule has 8 nitrogen and oxygen atoms in total. The van der Waals surface area contributed by atoms with Crippen LogP contribution in [0.5, 0.6) is 17.2 Å². The molecule has 8 heteroatoms. The summed E-state index contributed by atoms with van der Waals surface area (Å²) in [6.45, 7) is 1.80. The van der Waals surface area contributed by atoms with E-state index in [9.17, 15) is 4.79 Å². The molecule has 0 bridgehead atoms. The van der Waals surface area contributed by atoms with Crippen molar-refractivity contribution in [1.82, 2.24) is 0 Å². The van der Waals surface area contributed by atoms with Crippen LogP contribution in [0, 0.1) is 6.92 Å². The molecule has 4 N–H and O–H groups in total. The summed E-state index contributed by atoms with van der Waals surface area (Å²) < 4.78 is 15.7. The number of nitrogens with two attached hydrogens (primary N) is 2. The molecule has 26 heavy (non-hydrogen) atoms. The van der Waals surface area contributed by atoms with E-state index in [1.807, 2.05) is 0 Å². The highest BCUT2D eigenvalue weighted by Gasteiger charge is 2.22. The van der Waals surface area contributed by atoms with Crippen molar-refractivity contribution in [2.75, 3.05) is 27.1 Å². The van der Waals surface area contributed by atoms with Crippen LogP contribution in [0.15, 0.2) is 35.5 Å². The van der Waals surface area contributed by atoms with Gasteiger partial charge in [-0.15, -0.1) is 0 Å². The van der Waals surface area contributed by atoms with E-state index in [-0.39, 0.29) is 22.9 Å². The molecule has 0 radical (unpaired) electrons. The second-order valence-corrected chi connectivity index (χ2v) is 5.26. The monoisotopic (exact) mass is 359 g/mol. The Kier molecular flexibility index (Phi) is 5.90. The lowest BCUT2D eigenvalue weighted by atomic mass is 10.1. The number of hydrogen-bond donors (Lipinski definition) is 2. The van der Waals surface area contributed by atoms with Gasteiger partial charge in [-0.1, -0.05) is 17.3 Å². The molecule has 0 aromatic heterocycles. The lowest BCUT2D eigenvalue weighted by Crippen LogP contribution is -2.17. The van der Waals surface area contributed by atoms with Crippen molar-refractivity contribution in [2.45, 2.75) is 6.92 Å². The van der Waals surface area contributed by atoms with Gasteiger partial charge in [0.1, 0.15) is 5.56 Å².